The second-order valence-corrected chi connectivity index (χ2v) is 2.23. The maximum atomic E-state index is 5.56. The van der Waals surface area contributed by atoms with E-state index in [0.29, 0.717) is 5.03 Å². The fourth-order valence-corrected chi connectivity index (χ4v) is 0.452. The van der Waals surface area contributed by atoms with E-state index in [1.165, 1.54) is 0 Å². The molecule has 2 heteroatoms. The summed E-state index contributed by atoms with van der Waals surface area (Å²) in [6.07, 6.45) is 0. The third-order valence-corrected chi connectivity index (χ3v) is 1.47. The van der Waals surface area contributed by atoms with Crippen LogP contribution in [-0.2, 0) is 0 Å². The van der Waals surface area contributed by atoms with Gasteiger partial charge in [-0.25, -0.2) is 0 Å². The molecule has 0 aromatic heterocycles. The van der Waals surface area contributed by atoms with Gasteiger partial charge in [-0.15, -0.1) is 0 Å². The van der Waals surface area contributed by atoms with Crippen LogP contribution >= 0.6 is 11.6 Å². The topological polar surface area (TPSA) is 12.4 Å². The zero-order valence-corrected chi connectivity index (χ0v) is 6.50. The van der Waals surface area contributed by atoms with Crippen molar-refractivity contribution in [3.8, 4) is 0 Å². The summed E-state index contributed by atoms with van der Waals surface area (Å²) in [4.78, 5) is 3.69. The highest BCUT2D eigenvalue weighted by molar-refractivity contribution is 6.31. The van der Waals surface area contributed by atoms with E-state index in [1.807, 2.05) is 13.8 Å². The number of hydrogen-bond acceptors (Lipinski definition) is 1. The van der Waals surface area contributed by atoms with Crippen LogP contribution in [0.5, 0.6) is 0 Å². The van der Waals surface area contributed by atoms with Gasteiger partial charge in [-0.05, 0) is 26.1 Å². The van der Waals surface area contributed by atoms with Gasteiger partial charge in [-0.3, -0.25) is 4.99 Å². The first-order valence-electron chi connectivity index (χ1n) is 2.58. The normalized spacial score (nSPS) is 12.3. The quantitative estimate of drug-likeness (QED) is 0.417. The van der Waals surface area contributed by atoms with Crippen molar-refractivity contribution in [2.24, 2.45) is 4.99 Å². The van der Waals surface area contributed by atoms with Gasteiger partial charge in [0.25, 0.3) is 0 Å². The zero-order chi connectivity index (χ0) is 7.44. The number of nitrogens with zero attached hydrogens (tertiary/aromatic N) is 1. The van der Waals surface area contributed by atoms with Gasteiger partial charge < -0.3 is 0 Å². The van der Waals surface area contributed by atoms with Crippen molar-refractivity contribution in [3.63, 3.8) is 0 Å². The molecule has 0 aromatic carbocycles. The Morgan fingerprint density at radius 1 is 1.44 bits per heavy atom. The molecule has 0 N–H and O–H groups in total. The zero-order valence-electron chi connectivity index (χ0n) is 5.74. The molecule has 9 heavy (non-hydrogen) atoms. The Morgan fingerprint density at radius 2 is 1.89 bits per heavy atom. The molecular weight excluding hydrogens is 134 g/mol. The first-order valence-corrected chi connectivity index (χ1v) is 2.96. The van der Waals surface area contributed by atoms with Gasteiger partial charge in [0.15, 0.2) is 0 Å². The molecule has 0 amide bonds. The third kappa shape index (κ3) is 2.47. The highest BCUT2D eigenvalue weighted by Crippen LogP contribution is 2.15. The second-order valence-electron chi connectivity index (χ2n) is 1.77. The number of allylic oxidation sites excluding steroid dienone is 3. The van der Waals surface area contributed by atoms with Crippen LogP contribution in [0.25, 0.3) is 0 Å². The summed E-state index contributed by atoms with van der Waals surface area (Å²) in [5, 5.41) is 0.528. The van der Waals surface area contributed by atoms with E-state index in [2.05, 4.69) is 18.3 Å². The van der Waals surface area contributed by atoms with Crippen LogP contribution in [0.3, 0.4) is 0 Å². The van der Waals surface area contributed by atoms with E-state index in [4.69, 9.17) is 11.6 Å². The van der Waals surface area contributed by atoms with Crippen molar-refractivity contribution in [2.45, 2.75) is 13.8 Å². The summed E-state index contributed by atoms with van der Waals surface area (Å²) in [6.45, 7) is 10.6. The molecule has 0 aliphatic heterocycles. The Morgan fingerprint density at radius 3 is 2.00 bits per heavy atom. The molecule has 0 fully saturated rings. The molecule has 0 heterocycles. The molecule has 0 aliphatic rings. The highest BCUT2D eigenvalue weighted by atomic mass is 35.5. The Bertz CT molecular complexity index is 168. The first kappa shape index (κ1) is 8.44. The van der Waals surface area contributed by atoms with Gasteiger partial charge in [-0.1, -0.05) is 18.2 Å². The summed E-state index contributed by atoms with van der Waals surface area (Å²) in [5.74, 6) is 0. The molecular formula is C7H10ClN. The highest BCUT2D eigenvalue weighted by Gasteiger charge is 1.94. The minimum atomic E-state index is 0.528. The summed E-state index contributed by atoms with van der Waals surface area (Å²) in [5.41, 5.74) is 1.72. The van der Waals surface area contributed by atoms with Crippen LogP contribution in [0.1, 0.15) is 13.8 Å². The predicted octanol–water partition coefficient (Wildman–Crippen LogP) is 2.73. The molecule has 0 radical (unpaired) electrons. The van der Waals surface area contributed by atoms with Gasteiger partial charge in [0, 0.05) is 10.7 Å². The molecule has 0 unspecified atom stereocenters. The van der Waals surface area contributed by atoms with Crippen molar-refractivity contribution in [1.29, 1.82) is 0 Å². The second kappa shape index (κ2) is 3.46. The van der Waals surface area contributed by atoms with Crippen molar-refractivity contribution in [2.75, 3.05) is 0 Å². The summed E-state index contributed by atoms with van der Waals surface area (Å²) < 4.78 is 0. The first-order chi connectivity index (χ1) is 4.09. The Hall–Kier alpha value is -0.560. The maximum Gasteiger partial charge on any atom is 0.0409 e. The standard InChI is InChI=1S/C7H10ClN/c1-5(6(2)8)7(3)9-4/h2,4H2,1,3H3/b7-5-. The fraction of sp³-hybridized carbons (Fsp3) is 0.286. The van der Waals surface area contributed by atoms with Gasteiger partial charge in [0.1, 0.15) is 0 Å². The van der Waals surface area contributed by atoms with Crippen LogP contribution in [-0.4, -0.2) is 6.72 Å². The van der Waals surface area contributed by atoms with Gasteiger partial charge in [0.05, 0.1) is 0 Å². The van der Waals surface area contributed by atoms with E-state index >= 15 is 0 Å². The molecule has 0 saturated heterocycles. The monoisotopic (exact) mass is 143 g/mol. The number of hydrogen-bond donors (Lipinski definition) is 0. The predicted molar refractivity (Wildman–Crippen MR) is 42.9 cm³/mol. The van der Waals surface area contributed by atoms with E-state index in [1.54, 1.807) is 0 Å². The summed E-state index contributed by atoms with van der Waals surface area (Å²) in [7, 11) is 0. The number of rotatable bonds is 2. The average molecular weight is 144 g/mol. The molecule has 1 nitrogen and oxygen atoms in total. The lowest BCUT2D eigenvalue weighted by atomic mass is 10.2. The lowest BCUT2D eigenvalue weighted by Gasteiger charge is -1.97. The molecule has 0 bridgehead atoms. The minimum Gasteiger partial charge on any atom is -0.269 e. The largest absolute Gasteiger partial charge is 0.269 e. The lowest BCUT2D eigenvalue weighted by molar-refractivity contribution is 1.24. The Balaban J connectivity index is 4.47. The van der Waals surface area contributed by atoms with Crippen LogP contribution < -0.4 is 0 Å². The van der Waals surface area contributed by atoms with Crippen LogP contribution in [0.4, 0.5) is 0 Å². The third-order valence-electron chi connectivity index (χ3n) is 1.19. The Kier molecular flexibility index (Phi) is 3.25. The molecule has 0 aromatic rings. The molecule has 0 rings (SSSR count). The molecule has 0 atom stereocenters. The summed E-state index contributed by atoms with van der Waals surface area (Å²) in [6, 6.07) is 0. The number of aliphatic imine (C=N–C) groups is 1. The summed E-state index contributed by atoms with van der Waals surface area (Å²) >= 11 is 5.56. The molecule has 0 aliphatic carbocycles. The van der Waals surface area contributed by atoms with Crippen molar-refractivity contribution in [3.05, 3.63) is 22.9 Å². The van der Waals surface area contributed by atoms with E-state index in [9.17, 15) is 0 Å². The number of halogens is 1. The van der Waals surface area contributed by atoms with Crippen molar-refractivity contribution in [1.82, 2.24) is 0 Å². The van der Waals surface area contributed by atoms with Crippen molar-refractivity contribution >= 4 is 18.3 Å². The van der Waals surface area contributed by atoms with Crippen LogP contribution in [0.2, 0.25) is 0 Å². The van der Waals surface area contributed by atoms with Crippen molar-refractivity contribution < 1.29 is 0 Å². The van der Waals surface area contributed by atoms with Gasteiger partial charge in [-0.2, -0.15) is 0 Å². The molecule has 50 valence electrons. The van der Waals surface area contributed by atoms with E-state index < -0.39 is 0 Å². The SMILES string of the molecule is C=N/C(C)=C(/C)C(=C)Cl. The molecule has 0 saturated carbocycles. The van der Waals surface area contributed by atoms with Gasteiger partial charge >= 0.3 is 0 Å². The van der Waals surface area contributed by atoms with Gasteiger partial charge in [0.2, 0.25) is 0 Å². The average Bonchev–Trinajstić information content (AvgIpc) is 1.84. The van der Waals surface area contributed by atoms with Crippen LogP contribution in [0, 0.1) is 0 Å². The fourth-order valence-electron chi connectivity index (χ4n) is 0.315. The lowest BCUT2D eigenvalue weighted by Crippen LogP contribution is -1.78. The van der Waals surface area contributed by atoms with Crippen LogP contribution in [0.15, 0.2) is 27.9 Å². The smallest absolute Gasteiger partial charge is 0.0409 e. The van der Waals surface area contributed by atoms with E-state index in [0.717, 1.165) is 11.3 Å². The molecule has 0 spiro atoms. The maximum absolute atomic E-state index is 5.56. The van der Waals surface area contributed by atoms with E-state index in [-0.39, 0.29) is 0 Å². The Labute approximate surface area is 60.7 Å². The minimum absolute atomic E-state index is 0.528.